The molecule has 1 fully saturated rings. The third-order valence-electron chi connectivity index (χ3n) is 4.43. The second-order valence-corrected chi connectivity index (χ2v) is 7.90. The molecule has 3 rings (SSSR count). The lowest BCUT2D eigenvalue weighted by Gasteiger charge is -2.26. The first kappa shape index (κ1) is 22.8. The van der Waals surface area contributed by atoms with Gasteiger partial charge in [-0.05, 0) is 57.9 Å². The van der Waals surface area contributed by atoms with Crippen LogP contribution in [0.1, 0.15) is 5.56 Å². The number of hydrogen-bond donors (Lipinski definition) is 1. The van der Waals surface area contributed by atoms with Crippen molar-refractivity contribution < 1.29 is 19.1 Å². The fourth-order valence-electron chi connectivity index (χ4n) is 2.85. The summed E-state index contributed by atoms with van der Waals surface area (Å²) in [6.07, 6.45) is 1.47. The monoisotopic (exact) mass is 503 g/mol. The van der Waals surface area contributed by atoms with E-state index < -0.39 is 5.91 Å². The van der Waals surface area contributed by atoms with Crippen LogP contribution in [0.2, 0.25) is 5.02 Å². The van der Waals surface area contributed by atoms with Crippen LogP contribution >= 0.6 is 27.5 Å². The summed E-state index contributed by atoms with van der Waals surface area (Å²) in [6, 6.07) is 13.6. The number of nitrogens with zero attached hydrogens (tertiary/aromatic N) is 2. The molecule has 2 amide bonds. The van der Waals surface area contributed by atoms with Gasteiger partial charge in [0, 0.05) is 23.8 Å². The number of nitrogens with one attached hydrogen (secondary N) is 1. The molecule has 0 aromatic heterocycles. The van der Waals surface area contributed by atoms with Crippen molar-refractivity contribution in [2.75, 3.05) is 38.2 Å². The Balaban J connectivity index is 1.64. The number of nitriles is 1. The second-order valence-electron chi connectivity index (χ2n) is 6.61. The summed E-state index contributed by atoms with van der Waals surface area (Å²) in [6.45, 7) is 2.09. The Morgan fingerprint density at radius 1 is 1.26 bits per heavy atom. The van der Waals surface area contributed by atoms with Gasteiger partial charge in [0.15, 0.2) is 6.61 Å². The summed E-state index contributed by atoms with van der Waals surface area (Å²) < 4.78 is 11.5. The van der Waals surface area contributed by atoms with Crippen molar-refractivity contribution in [2.24, 2.45) is 0 Å². The molecule has 0 unspecified atom stereocenters. The molecule has 160 valence electrons. The number of carbonyl (C=O) groups excluding carboxylic acids is 2. The van der Waals surface area contributed by atoms with Gasteiger partial charge in [0.1, 0.15) is 17.4 Å². The number of amides is 2. The first-order valence-corrected chi connectivity index (χ1v) is 10.6. The number of morpholine rings is 1. The highest BCUT2D eigenvalue weighted by molar-refractivity contribution is 9.10. The maximum Gasteiger partial charge on any atom is 0.266 e. The molecule has 0 aliphatic carbocycles. The Morgan fingerprint density at radius 2 is 2.03 bits per heavy atom. The topological polar surface area (TPSA) is 91.7 Å². The zero-order valence-electron chi connectivity index (χ0n) is 16.4. The van der Waals surface area contributed by atoms with Crippen molar-refractivity contribution in [2.45, 2.75) is 0 Å². The van der Waals surface area contributed by atoms with Crippen molar-refractivity contribution in [3.8, 4) is 11.8 Å². The van der Waals surface area contributed by atoms with E-state index >= 15 is 0 Å². The number of halogens is 2. The summed E-state index contributed by atoms with van der Waals surface area (Å²) in [5, 5.41) is 12.5. The van der Waals surface area contributed by atoms with E-state index in [1.807, 2.05) is 6.07 Å². The van der Waals surface area contributed by atoms with Crippen molar-refractivity contribution in [3.63, 3.8) is 0 Å². The highest BCUT2D eigenvalue weighted by Gasteiger charge is 2.17. The van der Waals surface area contributed by atoms with E-state index in [-0.39, 0.29) is 18.1 Å². The van der Waals surface area contributed by atoms with E-state index in [1.165, 1.54) is 6.08 Å². The predicted molar refractivity (Wildman–Crippen MR) is 121 cm³/mol. The molecular weight excluding hydrogens is 486 g/mol. The number of anilines is 1. The molecule has 0 atom stereocenters. The maximum atomic E-state index is 12.4. The summed E-state index contributed by atoms with van der Waals surface area (Å²) in [5.74, 6) is -0.165. The third-order valence-corrected chi connectivity index (χ3v) is 5.28. The van der Waals surface area contributed by atoms with Gasteiger partial charge in [0.05, 0.1) is 17.7 Å². The molecule has 7 nitrogen and oxygen atoms in total. The number of hydrogen-bond acceptors (Lipinski definition) is 5. The molecule has 31 heavy (non-hydrogen) atoms. The Bertz CT molecular complexity index is 1050. The normalized spacial score (nSPS) is 14.0. The number of rotatable bonds is 6. The minimum Gasteiger partial charge on any atom is -0.483 e. The number of benzene rings is 2. The summed E-state index contributed by atoms with van der Waals surface area (Å²) in [7, 11) is 0. The summed E-state index contributed by atoms with van der Waals surface area (Å²) in [5.41, 5.74) is 1.05. The molecule has 1 heterocycles. The van der Waals surface area contributed by atoms with Gasteiger partial charge in [0.25, 0.3) is 11.8 Å². The van der Waals surface area contributed by atoms with Crippen LogP contribution in [0.5, 0.6) is 5.75 Å². The SMILES string of the molecule is N#C/C(=C/c1ccc(OCC(=O)N2CCOCC2)c(Br)c1)C(=O)Nc1cccc(Cl)c1. The van der Waals surface area contributed by atoms with Crippen LogP contribution in [0.15, 0.2) is 52.5 Å². The largest absolute Gasteiger partial charge is 0.483 e. The van der Waals surface area contributed by atoms with E-state index in [1.54, 1.807) is 47.4 Å². The van der Waals surface area contributed by atoms with Gasteiger partial charge < -0.3 is 19.7 Å². The van der Waals surface area contributed by atoms with Crippen LogP contribution in [-0.4, -0.2) is 49.6 Å². The average molecular weight is 505 g/mol. The lowest BCUT2D eigenvalue weighted by molar-refractivity contribution is -0.137. The van der Waals surface area contributed by atoms with Gasteiger partial charge >= 0.3 is 0 Å². The zero-order chi connectivity index (χ0) is 22.2. The van der Waals surface area contributed by atoms with Gasteiger partial charge in [-0.2, -0.15) is 5.26 Å². The zero-order valence-corrected chi connectivity index (χ0v) is 18.8. The first-order valence-electron chi connectivity index (χ1n) is 9.43. The Kier molecular flexibility index (Phi) is 8.06. The number of ether oxygens (including phenoxy) is 2. The van der Waals surface area contributed by atoms with Crippen molar-refractivity contribution in [3.05, 3.63) is 63.1 Å². The molecule has 0 radical (unpaired) electrons. The van der Waals surface area contributed by atoms with Crippen molar-refractivity contribution in [1.82, 2.24) is 4.90 Å². The molecule has 2 aromatic carbocycles. The first-order chi connectivity index (χ1) is 15.0. The van der Waals surface area contributed by atoms with Gasteiger partial charge in [-0.3, -0.25) is 9.59 Å². The van der Waals surface area contributed by atoms with E-state index in [4.69, 9.17) is 21.1 Å². The Hall–Kier alpha value is -2.86. The average Bonchev–Trinajstić information content (AvgIpc) is 2.77. The van der Waals surface area contributed by atoms with Crippen molar-refractivity contribution in [1.29, 1.82) is 5.26 Å². The molecule has 9 heteroatoms. The second kappa shape index (κ2) is 11.0. The van der Waals surface area contributed by atoms with E-state index in [0.717, 1.165) is 0 Å². The molecule has 0 spiro atoms. The molecule has 1 aliphatic heterocycles. The smallest absolute Gasteiger partial charge is 0.266 e. The fraction of sp³-hybridized carbons (Fsp3) is 0.227. The standard InChI is InChI=1S/C22H19BrClN3O4/c23-19-11-15(4-5-20(19)31-14-21(28)27-6-8-30-9-7-27)10-16(13-25)22(29)26-18-3-1-2-17(24)12-18/h1-5,10-12H,6-9,14H2,(H,26,29)/b16-10-. The maximum absolute atomic E-state index is 12.4. The van der Waals surface area contributed by atoms with Crippen LogP contribution in [0.4, 0.5) is 5.69 Å². The highest BCUT2D eigenvalue weighted by Crippen LogP contribution is 2.27. The molecule has 1 saturated heterocycles. The van der Waals surface area contributed by atoms with Gasteiger partial charge in [-0.15, -0.1) is 0 Å². The minimum atomic E-state index is -0.544. The lowest BCUT2D eigenvalue weighted by Crippen LogP contribution is -2.43. The molecular formula is C22H19BrClN3O4. The van der Waals surface area contributed by atoms with Crippen molar-refractivity contribution >= 4 is 51.1 Å². The van der Waals surface area contributed by atoms with Crippen LogP contribution in [-0.2, 0) is 14.3 Å². The van der Waals surface area contributed by atoms with Crippen LogP contribution in [0.3, 0.4) is 0 Å². The molecule has 2 aromatic rings. The lowest BCUT2D eigenvalue weighted by atomic mass is 10.1. The Morgan fingerprint density at radius 3 is 2.71 bits per heavy atom. The molecule has 0 bridgehead atoms. The van der Waals surface area contributed by atoms with Gasteiger partial charge in [0.2, 0.25) is 0 Å². The highest BCUT2D eigenvalue weighted by atomic mass is 79.9. The molecule has 0 saturated carbocycles. The number of carbonyl (C=O) groups is 2. The minimum absolute atomic E-state index is 0.0666. The summed E-state index contributed by atoms with van der Waals surface area (Å²) in [4.78, 5) is 26.3. The van der Waals surface area contributed by atoms with Crippen LogP contribution in [0, 0.1) is 11.3 Å². The fourth-order valence-corrected chi connectivity index (χ4v) is 3.55. The predicted octanol–water partition coefficient (Wildman–Crippen LogP) is 3.89. The van der Waals surface area contributed by atoms with E-state index in [0.29, 0.717) is 52.8 Å². The Labute approximate surface area is 193 Å². The van der Waals surface area contributed by atoms with E-state index in [9.17, 15) is 14.9 Å². The molecule has 1 N–H and O–H groups in total. The third kappa shape index (κ3) is 6.56. The van der Waals surface area contributed by atoms with Crippen LogP contribution < -0.4 is 10.1 Å². The van der Waals surface area contributed by atoms with Gasteiger partial charge in [-0.25, -0.2) is 0 Å². The van der Waals surface area contributed by atoms with Gasteiger partial charge in [-0.1, -0.05) is 23.7 Å². The summed E-state index contributed by atoms with van der Waals surface area (Å²) >= 11 is 9.32. The van der Waals surface area contributed by atoms with E-state index in [2.05, 4.69) is 21.2 Å². The molecule has 1 aliphatic rings. The van der Waals surface area contributed by atoms with Crippen LogP contribution in [0.25, 0.3) is 6.08 Å². The quantitative estimate of drug-likeness (QED) is 0.476.